The Bertz CT molecular complexity index is 270. The van der Waals surface area contributed by atoms with E-state index in [2.05, 4.69) is 5.32 Å². The molecule has 2 N–H and O–H groups in total. The van der Waals surface area contributed by atoms with Crippen LogP contribution in [0.15, 0.2) is 0 Å². The van der Waals surface area contributed by atoms with Gasteiger partial charge in [0.1, 0.15) is 0 Å². The molecule has 0 aromatic carbocycles. The van der Waals surface area contributed by atoms with Crippen LogP contribution in [0.1, 0.15) is 26.2 Å². The highest BCUT2D eigenvalue weighted by Crippen LogP contribution is 2.34. The van der Waals surface area contributed by atoms with Gasteiger partial charge < -0.3 is 10.4 Å². The second-order valence-corrected chi connectivity index (χ2v) is 5.11. The van der Waals surface area contributed by atoms with Gasteiger partial charge in [-0.15, -0.1) is 0 Å². The van der Waals surface area contributed by atoms with Gasteiger partial charge in [-0.05, 0) is 25.5 Å². The lowest BCUT2D eigenvalue weighted by atomic mass is 9.73. The van der Waals surface area contributed by atoms with Crippen molar-refractivity contribution >= 4 is 23.6 Å². The van der Waals surface area contributed by atoms with Crippen LogP contribution in [0.3, 0.4) is 0 Å². The van der Waals surface area contributed by atoms with Crippen LogP contribution in [0.4, 0.5) is 0 Å². The number of carbonyl (C=O) groups is 2. The molecule has 3 unspecified atom stereocenters. The highest BCUT2D eigenvalue weighted by molar-refractivity contribution is 7.98. The van der Waals surface area contributed by atoms with Gasteiger partial charge in [-0.3, -0.25) is 9.59 Å². The predicted octanol–water partition coefficient (Wildman–Crippen LogP) is 1.35. The molecule has 0 radical (unpaired) electrons. The SMILES string of the molecule is CCC(CSC)NC(=O)C1CCC1C(=O)O. The zero-order valence-corrected chi connectivity index (χ0v) is 10.5. The average molecular weight is 245 g/mol. The molecule has 1 amide bonds. The first-order valence-electron chi connectivity index (χ1n) is 5.62. The minimum atomic E-state index is -0.843. The van der Waals surface area contributed by atoms with Crippen molar-refractivity contribution < 1.29 is 14.7 Å². The fourth-order valence-corrected chi connectivity index (χ4v) is 2.60. The van der Waals surface area contributed by atoms with Crippen molar-refractivity contribution in [3.05, 3.63) is 0 Å². The summed E-state index contributed by atoms with van der Waals surface area (Å²) in [5.41, 5.74) is 0. The van der Waals surface area contributed by atoms with E-state index in [-0.39, 0.29) is 17.9 Å². The minimum Gasteiger partial charge on any atom is -0.481 e. The molecule has 4 nitrogen and oxygen atoms in total. The van der Waals surface area contributed by atoms with Gasteiger partial charge in [0, 0.05) is 11.8 Å². The van der Waals surface area contributed by atoms with Crippen molar-refractivity contribution in [1.82, 2.24) is 5.32 Å². The van der Waals surface area contributed by atoms with Gasteiger partial charge in [-0.1, -0.05) is 6.92 Å². The number of hydrogen-bond acceptors (Lipinski definition) is 3. The van der Waals surface area contributed by atoms with E-state index in [1.165, 1.54) is 0 Å². The number of carboxylic acids is 1. The molecule has 0 bridgehead atoms. The number of hydrogen-bond donors (Lipinski definition) is 2. The molecule has 0 aromatic heterocycles. The Hall–Kier alpha value is -0.710. The van der Waals surface area contributed by atoms with E-state index in [9.17, 15) is 9.59 Å². The summed E-state index contributed by atoms with van der Waals surface area (Å²) < 4.78 is 0. The lowest BCUT2D eigenvalue weighted by molar-refractivity contribution is -0.152. The molecule has 0 saturated heterocycles. The topological polar surface area (TPSA) is 66.4 Å². The van der Waals surface area contributed by atoms with Gasteiger partial charge >= 0.3 is 5.97 Å². The molecular weight excluding hydrogens is 226 g/mol. The Morgan fingerprint density at radius 1 is 1.44 bits per heavy atom. The molecule has 1 aliphatic carbocycles. The number of nitrogens with one attached hydrogen (secondary N) is 1. The normalized spacial score (nSPS) is 25.6. The van der Waals surface area contributed by atoms with E-state index in [0.29, 0.717) is 12.8 Å². The maximum atomic E-state index is 11.8. The van der Waals surface area contributed by atoms with Crippen molar-refractivity contribution in [1.29, 1.82) is 0 Å². The average Bonchev–Trinajstić information content (AvgIpc) is 2.14. The van der Waals surface area contributed by atoms with Crippen LogP contribution in [0.2, 0.25) is 0 Å². The van der Waals surface area contributed by atoms with Crippen molar-refractivity contribution in [2.75, 3.05) is 12.0 Å². The smallest absolute Gasteiger partial charge is 0.307 e. The van der Waals surface area contributed by atoms with E-state index < -0.39 is 11.9 Å². The Morgan fingerprint density at radius 2 is 2.06 bits per heavy atom. The van der Waals surface area contributed by atoms with Gasteiger partial charge in [0.25, 0.3) is 0 Å². The molecule has 0 spiro atoms. The van der Waals surface area contributed by atoms with Crippen LogP contribution in [0.25, 0.3) is 0 Å². The minimum absolute atomic E-state index is 0.0837. The van der Waals surface area contributed by atoms with E-state index >= 15 is 0 Å². The van der Waals surface area contributed by atoms with Crippen molar-refractivity contribution in [3.63, 3.8) is 0 Å². The molecule has 1 aliphatic rings. The summed E-state index contributed by atoms with van der Waals surface area (Å²) in [6, 6.07) is 0.164. The largest absolute Gasteiger partial charge is 0.481 e. The van der Waals surface area contributed by atoms with Crippen LogP contribution in [0.5, 0.6) is 0 Å². The number of rotatable bonds is 6. The summed E-state index contributed by atoms with van der Waals surface area (Å²) in [6.07, 6.45) is 4.22. The molecular formula is C11H19NO3S. The fraction of sp³-hybridized carbons (Fsp3) is 0.818. The monoisotopic (exact) mass is 245 g/mol. The molecule has 16 heavy (non-hydrogen) atoms. The standard InChI is InChI=1S/C11H19NO3S/c1-3-7(6-16-2)12-10(13)8-4-5-9(8)11(14)15/h7-9H,3-6H2,1-2H3,(H,12,13)(H,14,15). The number of amides is 1. The van der Waals surface area contributed by atoms with Crippen LogP contribution in [0, 0.1) is 11.8 Å². The summed E-state index contributed by atoms with van der Waals surface area (Å²) in [4.78, 5) is 22.6. The fourth-order valence-electron chi connectivity index (χ4n) is 1.88. The number of carbonyl (C=O) groups excluding carboxylic acids is 1. The third-order valence-electron chi connectivity index (χ3n) is 3.14. The zero-order chi connectivity index (χ0) is 12.1. The number of thioether (sulfide) groups is 1. The van der Waals surface area contributed by atoms with Crippen LogP contribution in [-0.4, -0.2) is 35.0 Å². The molecule has 1 fully saturated rings. The molecule has 0 heterocycles. The van der Waals surface area contributed by atoms with Crippen LogP contribution in [-0.2, 0) is 9.59 Å². The van der Waals surface area contributed by atoms with E-state index in [4.69, 9.17) is 5.11 Å². The van der Waals surface area contributed by atoms with E-state index in [1.807, 2.05) is 13.2 Å². The molecule has 1 rings (SSSR count). The van der Waals surface area contributed by atoms with Crippen molar-refractivity contribution in [2.24, 2.45) is 11.8 Å². The van der Waals surface area contributed by atoms with E-state index in [1.54, 1.807) is 11.8 Å². The number of aliphatic carboxylic acids is 1. The van der Waals surface area contributed by atoms with Gasteiger partial charge in [0.05, 0.1) is 11.8 Å². The summed E-state index contributed by atoms with van der Waals surface area (Å²) >= 11 is 1.69. The second-order valence-electron chi connectivity index (χ2n) is 4.20. The lowest BCUT2D eigenvalue weighted by Crippen LogP contribution is -2.47. The van der Waals surface area contributed by atoms with Crippen LogP contribution >= 0.6 is 11.8 Å². The third-order valence-corrected chi connectivity index (χ3v) is 3.87. The Morgan fingerprint density at radius 3 is 2.44 bits per heavy atom. The molecule has 92 valence electrons. The molecule has 0 aliphatic heterocycles. The first-order valence-corrected chi connectivity index (χ1v) is 7.01. The first-order chi connectivity index (χ1) is 7.60. The predicted molar refractivity (Wildman–Crippen MR) is 64.5 cm³/mol. The highest BCUT2D eigenvalue weighted by atomic mass is 32.2. The van der Waals surface area contributed by atoms with Gasteiger partial charge in [-0.2, -0.15) is 11.8 Å². The lowest BCUT2D eigenvalue weighted by Gasteiger charge is -2.33. The van der Waals surface area contributed by atoms with Crippen molar-refractivity contribution in [3.8, 4) is 0 Å². The summed E-state index contributed by atoms with van der Waals surface area (Å²) in [5.74, 6) is -0.823. The first kappa shape index (κ1) is 13.4. The van der Waals surface area contributed by atoms with Crippen molar-refractivity contribution in [2.45, 2.75) is 32.2 Å². The third kappa shape index (κ3) is 3.14. The van der Waals surface area contributed by atoms with Crippen LogP contribution < -0.4 is 5.32 Å². The van der Waals surface area contributed by atoms with Gasteiger partial charge in [0.2, 0.25) is 5.91 Å². The van der Waals surface area contributed by atoms with Gasteiger partial charge in [0.15, 0.2) is 0 Å². The molecule has 0 aromatic rings. The Labute approximate surface area is 100 Å². The number of carboxylic acid groups (broad SMARTS) is 1. The second kappa shape index (κ2) is 6.13. The van der Waals surface area contributed by atoms with Gasteiger partial charge in [-0.25, -0.2) is 0 Å². The Kier molecular flexibility index (Phi) is 5.12. The highest BCUT2D eigenvalue weighted by Gasteiger charge is 2.41. The Balaban J connectivity index is 2.42. The molecule has 3 atom stereocenters. The summed E-state index contributed by atoms with van der Waals surface area (Å²) in [7, 11) is 0. The quantitative estimate of drug-likeness (QED) is 0.741. The summed E-state index contributed by atoms with van der Waals surface area (Å²) in [6.45, 7) is 2.02. The molecule has 5 heteroatoms. The maximum Gasteiger partial charge on any atom is 0.307 e. The molecule has 1 saturated carbocycles. The van der Waals surface area contributed by atoms with E-state index in [0.717, 1.165) is 12.2 Å². The zero-order valence-electron chi connectivity index (χ0n) is 9.73. The summed E-state index contributed by atoms with van der Waals surface area (Å²) in [5, 5.41) is 11.8. The maximum absolute atomic E-state index is 11.8.